The van der Waals surface area contributed by atoms with Crippen molar-refractivity contribution in [2.45, 2.75) is 37.5 Å². The zero-order valence-electron chi connectivity index (χ0n) is 12.6. The topological polar surface area (TPSA) is 56.8 Å². The van der Waals surface area contributed by atoms with Gasteiger partial charge in [0.2, 0.25) is 0 Å². The lowest BCUT2D eigenvalue weighted by molar-refractivity contribution is -0.180. The average molecular weight is 344 g/mol. The van der Waals surface area contributed by atoms with E-state index in [1.54, 1.807) is 6.07 Å². The first-order valence-electron chi connectivity index (χ1n) is 7.72. The van der Waals surface area contributed by atoms with Gasteiger partial charge >= 0.3 is 0 Å². The maximum absolute atomic E-state index is 13.7. The van der Waals surface area contributed by atoms with Gasteiger partial charge < -0.3 is 19.5 Å². The fraction of sp³-hybridized carbons (Fsp3) is 0.562. The number of carbonyl (C=O) groups is 1. The standard InChI is InChI=1S/C16H19ClFNO4/c17-12-2-1-3-13(15(12)18)21-10-14(20)19-11-4-6-16(7-5-11)22-8-9-23-16/h1-3,11H,4-10H2,(H,19,20). The van der Waals surface area contributed by atoms with Crippen LogP contribution in [-0.2, 0) is 14.3 Å². The van der Waals surface area contributed by atoms with Crippen molar-refractivity contribution in [2.24, 2.45) is 0 Å². The van der Waals surface area contributed by atoms with E-state index in [1.165, 1.54) is 12.1 Å². The Balaban J connectivity index is 1.44. The number of benzene rings is 1. The molecule has 1 aliphatic heterocycles. The number of halogens is 2. The second-order valence-corrected chi connectivity index (χ2v) is 6.20. The molecule has 0 atom stereocenters. The number of ether oxygens (including phenoxy) is 3. The Hall–Kier alpha value is -1.37. The zero-order valence-corrected chi connectivity index (χ0v) is 13.4. The molecule has 1 spiro atoms. The highest BCUT2D eigenvalue weighted by molar-refractivity contribution is 6.30. The molecule has 7 heteroatoms. The van der Waals surface area contributed by atoms with Gasteiger partial charge in [0.1, 0.15) is 0 Å². The molecule has 2 aliphatic rings. The summed E-state index contributed by atoms with van der Waals surface area (Å²) in [5.74, 6) is -1.40. The van der Waals surface area contributed by atoms with E-state index < -0.39 is 11.6 Å². The highest BCUT2D eigenvalue weighted by atomic mass is 35.5. The first-order valence-corrected chi connectivity index (χ1v) is 8.10. The van der Waals surface area contributed by atoms with Crippen molar-refractivity contribution in [2.75, 3.05) is 19.8 Å². The summed E-state index contributed by atoms with van der Waals surface area (Å²) in [6, 6.07) is 4.50. The van der Waals surface area contributed by atoms with Crippen LogP contribution in [0.1, 0.15) is 25.7 Å². The molecule has 1 aromatic rings. The molecule has 0 bridgehead atoms. The summed E-state index contributed by atoms with van der Waals surface area (Å²) >= 11 is 5.66. The Morgan fingerprint density at radius 3 is 2.74 bits per heavy atom. The van der Waals surface area contributed by atoms with Gasteiger partial charge in [-0.15, -0.1) is 0 Å². The largest absolute Gasteiger partial charge is 0.481 e. The Morgan fingerprint density at radius 1 is 1.35 bits per heavy atom. The molecular formula is C16H19ClFNO4. The van der Waals surface area contributed by atoms with Crippen LogP contribution < -0.4 is 10.1 Å². The zero-order chi connectivity index (χ0) is 16.3. The third-order valence-electron chi connectivity index (χ3n) is 4.20. The molecule has 3 rings (SSSR count). The summed E-state index contributed by atoms with van der Waals surface area (Å²) in [5.41, 5.74) is 0. The van der Waals surface area contributed by atoms with Gasteiger partial charge in [0.15, 0.2) is 24.0 Å². The molecule has 2 fully saturated rings. The minimum absolute atomic E-state index is 0.0250. The molecule has 1 aromatic carbocycles. The van der Waals surface area contributed by atoms with E-state index in [0.717, 1.165) is 25.7 Å². The predicted octanol–water partition coefficient (Wildman–Crippen LogP) is 2.66. The van der Waals surface area contributed by atoms with Crippen LogP contribution in [0.2, 0.25) is 5.02 Å². The Morgan fingerprint density at radius 2 is 2.04 bits per heavy atom. The molecular weight excluding hydrogens is 325 g/mol. The highest BCUT2D eigenvalue weighted by Gasteiger charge is 2.40. The van der Waals surface area contributed by atoms with Crippen LogP contribution in [-0.4, -0.2) is 37.6 Å². The summed E-state index contributed by atoms with van der Waals surface area (Å²) in [4.78, 5) is 11.9. The highest BCUT2D eigenvalue weighted by Crippen LogP contribution is 2.35. The van der Waals surface area contributed by atoms with E-state index in [-0.39, 0.29) is 29.3 Å². The number of hydrogen-bond acceptors (Lipinski definition) is 4. The van der Waals surface area contributed by atoms with E-state index in [9.17, 15) is 9.18 Å². The number of carbonyl (C=O) groups excluding carboxylic acids is 1. The Labute approximate surface area is 139 Å². The van der Waals surface area contributed by atoms with E-state index >= 15 is 0 Å². The molecule has 5 nitrogen and oxygen atoms in total. The Bertz CT molecular complexity index is 567. The minimum atomic E-state index is -0.655. The van der Waals surface area contributed by atoms with E-state index in [0.29, 0.717) is 13.2 Å². The lowest BCUT2D eigenvalue weighted by atomic mass is 9.90. The normalized spacial score (nSPS) is 20.6. The molecule has 126 valence electrons. The number of rotatable bonds is 4. The van der Waals surface area contributed by atoms with E-state index in [4.69, 9.17) is 25.8 Å². The van der Waals surface area contributed by atoms with Crippen molar-refractivity contribution in [1.29, 1.82) is 0 Å². The van der Waals surface area contributed by atoms with Crippen LogP contribution >= 0.6 is 11.6 Å². The second kappa shape index (κ2) is 7.03. The number of nitrogens with one attached hydrogen (secondary N) is 1. The SMILES string of the molecule is O=C(COc1cccc(Cl)c1F)NC1CCC2(CC1)OCCO2. The third kappa shape index (κ3) is 3.94. The smallest absolute Gasteiger partial charge is 0.258 e. The molecule has 1 amide bonds. The van der Waals surface area contributed by atoms with Gasteiger partial charge in [-0.2, -0.15) is 0 Å². The summed E-state index contributed by atoms with van der Waals surface area (Å²) < 4.78 is 30.2. The molecule has 1 aliphatic carbocycles. The molecule has 1 heterocycles. The van der Waals surface area contributed by atoms with Crippen molar-refractivity contribution in [3.05, 3.63) is 29.0 Å². The molecule has 1 saturated carbocycles. The maximum atomic E-state index is 13.7. The Kier molecular flexibility index (Phi) is 5.04. The number of amides is 1. The van der Waals surface area contributed by atoms with Crippen molar-refractivity contribution in [3.8, 4) is 5.75 Å². The molecule has 1 N–H and O–H groups in total. The lowest BCUT2D eigenvalue weighted by Gasteiger charge is -2.35. The maximum Gasteiger partial charge on any atom is 0.258 e. The third-order valence-corrected chi connectivity index (χ3v) is 4.49. The van der Waals surface area contributed by atoms with Gasteiger partial charge in [-0.05, 0) is 25.0 Å². The van der Waals surface area contributed by atoms with Crippen molar-refractivity contribution in [3.63, 3.8) is 0 Å². The van der Waals surface area contributed by atoms with Gasteiger partial charge in [0.05, 0.1) is 18.2 Å². The quantitative estimate of drug-likeness (QED) is 0.913. The van der Waals surface area contributed by atoms with Crippen molar-refractivity contribution in [1.82, 2.24) is 5.32 Å². The monoisotopic (exact) mass is 343 g/mol. The predicted molar refractivity (Wildman–Crippen MR) is 81.9 cm³/mol. The van der Waals surface area contributed by atoms with Gasteiger partial charge in [-0.25, -0.2) is 4.39 Å². The van der Waals surface area contributed by atoms with Crippen LogP contribution in [0.25, 0.3) is 0 Å². The minimum Gasteiger partial charge on any atom is -0.481 e. The van der Waals surface area contributed by atoms with Crippen molar-refractivity contribution < 1.29 is 23.4 Å². The summed E-state index contributed by atoms with van der Waals surface area (Å²) in [5, 5.41) is 2.87. The van der Waals surface area contributed by atoms with Crippen LogP contribution in [0.4, 0.5) is 4.39 Å². The van der Waals surface area contributed by atoms with Crippen LogP contribution in [0.15, 0.2) is 18.2 Å². The molecule has 0 radical (unpaired) electrons. The molecule has 23 heavy (non-hydrogen) atoms. The first-order chi connectivity index (χ1) is 11.1. The fourth-order valence-corrected chi connectivity index (χ4v) is 3.16. The lowest BCUT2D eigenvalue weighted by Crippen LogP contribution is -2.45. The number of hydrogen-bond donors (Lipinski definition) is 1. The summed E-state index contributed by atoms with van der Waals surface area (Å²) in [6.07, 6.45) is 3.11. The van der Waals surface area contributed by atoms with Gasteiger partial charge in [-0.3, -0.25) is 4.79 Å². The van der Waals surface area contributed by atoms with Gasteiger partial charge in [0.25, 0.3) is 5.91 Å². The molecule has 0 aromatic heterocycles. The fourth-order valence-electron chi connectivity index (χ4n) is 3.00. The molecule has 0 unspecified atom stereocenters. The second-order valence-electron chi connectivity index (χ2n) is 5.79. The van der Waals surface area contributed by atoms with E-state index in [1.807, 2.05) is 0 Å². The van der Waals surface area contributed by atoms with Crippen molar-refractivity contribution >= 4 is 17.5 Å². The van der Waals surface area contributed by atoms with Gasteiger partial charge in [0, 0.05) is 18.9 Å². The summed E-state index contributed by atoms with van der Waals surface area (Å²) in [6.45, 7) is 1.03. The van der Waals surface area contributed by atoms with Crippen LogP contribution in [0.5, 0.6) is 5.75 Å². The van der Waals surface area contributed by atoms with Crippen LogP contribution in [0, 0.1) is 5.82 Å². The van der Waals surface area contributed by atoms with E-state index in [2.05, 4.69) is 5.32 Å². The summed E-state index contributed by atoms with van der Waals surface area (Å²) in [7, 11) is 0. The molecule has 1 saturated heterocycles. The first kappa shape index (κ1) is 16.5. The average Bonchev–Trinajstić information content (AvgIpc) is 3.00. The van der Waals surface area contributed by atoms with Gasteiger partial charge in [-0.1, -0.05) is 17.7 Å². The van der Waals surface area contributed by atoms with Crippen LogP contribution in [0.3, 0.4) is 0 Å².